The van der Waals surface area contributed by atoms with Crippen molar-refractivity contribution in [2.24, 2.45) is 0 Å². The van der Waals surface area contributed by atoms with Crippen molar-refractivity contribution >= 4 is 0 Å². The number of piperidine rings is 1. The molecule has 3 heterocycles. The molecule has 0 N–H and O–H groups in total. The number of nitrogens with zero attached hydrogens (tertiary/aromatic N) is 8. The Morgan fingerprint density at radius 3 is 1.32 bits per heavy atom. The predicted molar refractivity (Wildman–Crippen MR) is 273 cm³/mol. The van der Waals surface area contributed by atoms with E-state index >= 15 is 0 Å². The molecule has 2 unspecified atom stereocenters. The van der Waals surface area contributed by atoms with Gasteiger partial charge in [0.1, 0.15) is 0 Å². The average Bonchev–Trinajstić information content (AvgIpc) is 3.31. The molecule has 4 aliphatic rings. The number of aryl methyl sites for hydroxylation is 2. The number of hydrogen-bond acceptors (Lipinski definition) is 8. The molecule has 6 atom stereocenters. The number of benzene rings is 2. The van der Waals surface area contributed by atoms with E-state index in [-0.39, 0.29) is 0 Å². The van der Waals surface area contributed by atoms with Crippen molar-refractivity contribution in [3.8, 4) is 0 Å². The fourth-order valence-electron chi connectivity index (χ4n) is 12.0. The van der Waals surface area contributed by atoms with Gasteiger partial charge in [-0.15, -0.1) is 0 Å². The summed E-state index contributed by atoms with van der Waals surface area (Å²) < 4.78 is 0. The van der Waals surface area contributed by atoms with Gasteiger partial charge in [-0.2, -0.15) is 0 Å². The van der Waals surface area contributed by atoms with Crippen LogP contribution < -0.4 is 0 Å². The van der Waals surface area contributed by atoms with E-state index < -0.39 is 0 Å². The highest BCUT2D eigenvalue weighted by atomic mass is 15.3. The second-order valence-corrected chi connectivity index (χ2v) is 19.8. The minimum absolute atomic E-state index is 0.582. The first-order valence-electron chi connectivity index (χ1n) is 26.7. The van der Waals surface area contributed by atoms with Gasteiger partial charge in [0.2, 0.25) is 0 Å². The maximum Gasteiger partial charge on any atom is 0.0264 e. The molecule has 2 aromatic carbocycles. The molecule has 0 spiro atoms. The SMILES string of the molecule is CCN1CCN(CC)C2CCCC[C@H]2N(CC)C[C@@H](Cc2ccc(C)cc2)N(CC)CC1.CCN1CCN(CC)C[C@H]2CCC[C@@H](CN(CC)C(Cc3ccc(C)cc3)C1)N2CC. The summed E-state index contributed by atoms with van der Waals surface area (Å²) in [7, 11) is 0. The molecule has 8 nitrogen and oxygen atoms in total. The Morgan fingerprint density at radius 2 is 0.825 bits per heavy atom. The number of rotatable bonds is 12. The van der Waals surface area contributed by atoms with Crippen LogP contribution in [0.15, 0.2) is 48.5 Å². The first kappa shape index (κ1) is 52.1. The van der Waals surface area contributed by atoms with Gasteiger partial charge in [-0.3, -0.25) is 24.5 Å². The van der Waals surface area contributed by atoms with Crippen LogP contribution in [0.3, 0.4) is 0 Å². The van der Waals surface area contributed by atoms with Crippen LogP contribution in [0.25, 0.3) is 0 Å². The molecule has 6 rings (SSSR count). The van der Waals surface area contributed by atoms with Crippen LogP contribution in [0.2, 0.25) is 0 Å². The Bertz CT molecular complexity index is 1500. The molecule has 0 amide bonds. The first-order valence-corrected chi connectivity index (χ1v) is 26.7. The lowest BCUT2D eigenvalue weighted by Gasteiger charge is -2.47. The van der Waals surface area contributed by atoms with E-state index in [1.807, 2.05) is 0 Å². The lowest BCUT2D eigenvalue weighted by Crippen LogP contribution is -2.58. The van der Waals surface area contributed by atoms with Gasteiger partial charge in [-0.1, -0.05) is 134 Å². The molecule has 8 heteroatoms. The third-order valence-electron chi connectivity index (χ3n) is 16.2. The summed E-state index contributed by atoms with van der Waals surface area (Å²) >= 11 is 0. The smallest absolute Gasteiger partial charge is 0.0264 e. The van der Waals surface area contributed by atoms with Gasteiger partial charge in [0.15, 0.2) is 0 Å². The number of hydrogen-bond donors (Lipinski definition) is 0. The van der Waals surface area contributed by atoms with E-state index in [9.17, 15) is 0 Å². The lowest BCUT2D eigenvalue weighted by molar-refractivity contribution is 0.0198. The highest BCUT2D eigenvalue weighted by Crippen LogP contribution is 2.29. The normalized spacial score (nSPS) is 28.2. The van der Waals surface area contributed by atoms with Crippen molar-refractivity contribution in [3.63, 3.8) is 0 Å². The fraction of sp³-hybridized carbons (Fsp3) is 0.782. The molecule has 1 aliphatic carbocycles. The summed E-state index contributed by atoms with van der Waals surface area (Å²) in [5.41, 5.74) is 5.70. The highest BCUT2D eigenvalue weighted by molar-refractivity contribution is 5.23. The van der Waals surface area contributed by atoms with E-state index in [4.69, 9.17) is 0 Å². The monoisotopic (exact) mass is 871 g/mol. The van der Waals surface area contributed by atoms with E-state index in [1.165, 1.54) is 159 Å². The third kappa shape index (κ3) is 15.6. The zero-order valence-corrected chi connectivity index (χ0v) is 42.8. The summed E-state index contributed by atoms with van der Waals surface area (Å²) in [6.45, 7) is 44.6. The average molecular weight is 871 g/mol. The molecule has 0 aromatic heterocycles. The highest BCUT2D eigenvalue weighted by Gasteiger charge is 2.36. The Kier molecular flexibility index (Phi) is 22.9. The molecular formula is C55H98N8. The molecule has 1 saturated carbocycles. The maximum atomic E-state index is 2.87. The van der Waals surface area contributed by atoms with Gasteiger partial charge in [0.05, 0.1) is 0 Å². The van der Waals surface area contributed by atoms with Gasteiger partial charge < -0.3 is 14.7 Å². The topological polar surface area (TPSA) is 25.9 Å². The number of likely N-dealkylation sites (N-methyl/N-ethyl adjacent to an activating group) is 8. The number of fused-ring (bicyclic) bond motifs is 3. The van der Waals surface area contributed by atoms with Gasteiger partial charge in [0, 0.05) is 102 Å². The van der Waals surface area contributed by atoms with Gasteiger partial charge in [-0.25, -0.2) is 0 Å². The van der Waals surface area contributed by atoms with Gasteiger partial charge in [0.25, 0.3) is 0 Å². The molecule has 4 fully saturated rings. The molecule has 2 bridgehead atoms. The predicted octanol–water partition coefficient (Wildman–Crippen LogP) is 8.65. The lowest BCUT2D eigenvalue weighted by atomic mass is 9.87. The second-order valence-electron chi connectivity index (χ2n) is 19.8. The fourth-order valence-corrected chi connectivity index (χ4v) is 12.0. The minimum Gasteiger partial charge on any atom is -0.301 e. The molecular weight excluding hydrogens is 773 g/mol. The zero-order valence-electron chi connectivity index (χ0n) is 42.8. The summed E-state index contributed by atoms with van der Waals surface area (Å²) in [5.74, 6) is 0. The van der Waals surface area contributed by atoms with E-state index in [2.05, 4.69) is 157 Å². The van der Waals surface area contributed by atoms with Crippen molar-refractivity contribution in [2.75, 3.05) is 118 Å². The summed E-state index contributed by atoms with van der Waals surface area (Å²) in [5, 5.41) is 0. The van der Waals surface area contributed by atoms with Crippen molar-refractivity contribution in [3.05, 3.63) is 70.8 Å². The molecule has 0 radical (unpaired) electrons. The second kappa shape index (κ2) is 27.7. The standard InChI is InChI=1S/C28H50N4.C27H48N4/c1-6-29-18-20-30(7-2)26(22-25-16-14-24(5)15-17-25)23-32(9-4)28-13-11-10-12-27(28)31(8-3)21-19-29;1-6-28-17-18-29(7-2)21-27(19-24-15-13-23(5)14-16-24)30(8-3)22-26-12-10-11-25(20-28)31(26)9-4/h14-17,26-28H,6-13,18-23H2,1-5H3;13-16,25-27H,6-12,17-22H2,1-5H3/t26-,27?,28-;25-,26+,27?/m11/s1. The van der Waals surface area contributed by atoms with Crippen LogP contribution in [0.1, 0.15) is 123 Å². The minimum atomic E-state index is 0.582. The van der Waals surface area contributed by atoms with Crippen LogP contribution in [0.5, 0.6) is 0 Å². The van der Waals surface area contributed by atoms with E-state index in [0.717, 1.165) is 51.1 Å². The summed E-state index contributed by atoms with van der Waals surface area (Å²) in [6.07, 6.45) is 12.0. The summed E-state index contributed by atoms with van der Waals surface area (Å²) in [4.78, 5) is 22.3. The van der Waals surface area contributed by atoms with Gasteiger partial charge in [-0.05, 0) is 116 Å². The largest absolute Gasteiger partial charge is 0.301 e. The third-order valence-corrected chi connectivity index (χ3v) is 16.2. The van der Waals surface area contributed by atoms with Crippen LogP contribution in [-0.4, -0.2) is 193 Å². The van der Waals surface area contributed by atoms with Crippen molar-refractivity contribution in [1.29, 1.82) is 0 Å². The Labute approximate surface area is 389 Å². The van der Waals surface area contributed by atoms with Crippen LogP contribution in [0.4, 0.5) is 0 Å². The van der Waals surface area contributed by atoms with E-state index in [0.29, 0.717) is 24.2 Å². The molecule has 3 saturated heterocycles. The van der Waals surface area contributed by atoms with Crippen molar-refractivity contribution < 1.29 is 0 Å². The molecule has 3 aliphatic heterocycles. The summed E-state index contributed by atoms with van der Waals surface area (Å²) in [6, 6.07) is 22.6. The molecule has 358 valence electrons. The zero-order chi connectivity index (χ0) is 45.1. The van der Waals surface area contributed by atoms with Crippen molar-refractivity contribution in [1.82, 2.24) is 39.2 Å². The van der Waals surface area contributed by atoms with Crippen LogP contribution in [-0.2, 0) is 12.8 Å². The van der Waals surface area contributed by atoms with Crippen LogP contribution in [0, 0.1) is 13.8 Å². The van der Waals surface area contributed by atoms with Gasteiger partial charge >= 0.3 is 0 Å². The van der Waals surface area contributed by atoms with E-state index in [1.54, 1.807) is 0 Å². The molecule has 2 aromatic rings. The Hall–Kier alpha value is -1.88. The quantitative estimate of drug-likeness (QED) is 0.209. The maximum absolute atomic E-state index is 2.87. The van der Waals surface area contributed by atoms with Crippen LogP contribution >= 0.6 is 0 Å². The Morgan fingerprint density at radius 1 is 0.381 bits per heavy atom. The Balaban J connectivity index is 0.000000238. The first-order chi connectivity index (χ1) is 30.7. The molecule has 63 heavy (non-hydrogen) atoms. The van der Waals surface area contributed by atoms with Crippen molar-refractivity contribution in [2.45, 2.75) is 163 Å².